The first kappa shape index (κ1) is 19.2. The van der Waals surface area contributed by atoms with Crippen LogP contribution in [0.25, 0.3) is 0 Å². The third-order valence-corrected chi connectivity index (χ3v) is 6.63. The second-order valence-corrected chi connectivity index (χ2v) is 8.55. The summed E-state index contributed by atoms with van der Waals surface area (Å²) in [5.74, 6) is 0.445. The van der Waals surface area contributed by atoms with E-state index in [1.165, 1.54) is 5.56 Å². The number of amides is 1. The Morgan fingerprint density at radius 1 is 0.967 bits per heavy atom. The van der Waals surface area contributed by atoms with E-state index in [9.17, 15) is 4.79 Å². The van der Waals surface area contributed by atoms with Gasteiger partial charge in [0.1, 0.15) is 0 Å². The highest BCUT2D eigenvalue weighted by molar-refractivity contribution is 6.36. The Morgan fingerprint density at radius 2 is 1.73 bits per heavy atom. The highest BCUT2D eigenvalue weighted by Gasteiger charge is 2.39. The summed E-state index contributed by atoms with van der Waals surface area (Å²) in [5, 5.41) is 8.04. The van der Waals surface area contributed by atoms with E-state index < -0.39 is 0 Å². The van der Waals surface area contributed by atoms with E-state index in [0.717, 1.165) is 23.4 Å². The van der Waals surface area contributed by atoms with E-state index in [1.54, 1.807) is 0 Å². The molecule has 1 aliphatic heterocycles. The van der Waals surface area contributed by atoms with Gasteiger partial charge < -0.3 is 10.6 Å². The van der Waals surface area contributed by atoms with Gasteiger partial charge in [-0.3, -0.25) is 4.79 Å². The number of hydrogen-bond donors (Lipinski definition) is 2. The molecule has 30 heavy (non-hydrogen) atoms. The van der Waals surface area contributed by atoms with Gasteiger partial charge in [-0.25, -0.2) is 0 Å². The topological polar surface area (TPSA) is 41.1 Å². The summed E-state index contributed by atoms with van der Waals surface area (Å²) < 4.78 is 0. The average Bonchev–Trinajstić information content (AvgIpc) is 3.25. The Balaban J connectivity index is 1.47. The molecule has 1 aliphatic carbocycles. The van der Waals surface area contributed by atoms with Crippen LogP contribution in [0.1, 0.15) is 39.9 Å². The van der Waals surface area contributed by atoms with Crippen molar-refractivity contribution in [2.45, 2.75) is 18.4 Å². The number of allylic oxidation sites excluding steroid dienone is 2. The summed E-state index contributed by atoms with van der Waals surface area (Å²) in [4.78, 5) is 12.6. The van der Waals surface area contributed by atoms with Crippen molar-refractivity contribution in [3.8, 4) is 0 Å². The van der Waals surface area contributed by atoms with E-state index in [0.29, 0.717) is 21.5 Å². The minimum atomic E-state index is -0.112. The van der Waals surface area contributed by atoms with E-state index in [2.05, 4.69) is 28.9 Å². The van der Waals surface area contributed by atoms with E-state index >= 15 is 0 Å². The first-order valence-corrected chi connectivity index (χ1v) is 10.7. The second kappa shape index (κ2) is 7.82. The van der Waals surface area contributed by atoms with Crippen molar-refractivity contribution >= 4 is 40.5 Å². The van der Waals surface area contributed by atoms with Gasteiger partial charge in [0.2, 0.25) is 0 Å². The van der Waals surface area contributed by atoms with Gasteiger partial charge in [0.15, 0.2) is 0 Å². The lowest BCUT2D eigenvalue weighted by atomic mass is 9.77. The maximum Gasteiger partial charge on any atom is 0.255 e. The summed E-state index contributed by atoms with van der Waals surface area (Å²) in [6.45, 7) is 0. The number of halogens is 2. The molecule has 5 rings (SSSR count). The molecule has 0 fully saturated rings. The molecule has 1 amide bonds. The molecule has 2 N–H and O–H groups in total. The number of carbonyl (C=O) groups is 1. The van der Waals surface area contributed by atoms with E-state index in [1.807, 2.05) is 60.7 Å². The van der Waals surface area contributed by atoms with Crippen LogP contribution in [0.15, 0.2) is 78.9 Å². The lowest BCUT2D eigenvalue weighted by Crippen LogP contribution is -2.29. The minimum Gasteiger partial charge on any atom is -0.378 e. The van der Waals surface area contributed by atoms with Gasteiger partial charge in [0, 0.05) is 38.5 Å². The SMILES string of the molecule is O=C(Nc1ccc2c(c1)C1C=CCC1C(c1c(Cl)cccc1Cl)N2)c1ccccc1. The van der Waals surface area contributed by atoms with Crippen LogP contribution in [-0.4, -0.2) is 5.91 Å². The number of rotatable bonds is 3. The summed E-state index contributed by atoms with van der Waals surface area (Å²) >= 11 is 13.1. The number of fused-ring (bicyclic) bond motifs is 3. The third kappa shape index (κ3) is 3.38. The summed E-state index contributed by atoms with van der Waals surface area (Å²) in [5.41, 5.74) is 4.60. The van der Waals surface area contributed by atoms with Crippen LogP contribution in [0, 0.1) is 5.92 Å². The smallest absolute Gasteiger partial charge is 0.255 e. The average molecular weight is 435 g/mol. The van der Waals surface area contributed by atoms with Crippen molar-refractivity contribution in [2.75, 3.05) is 10.6 Å². The molecule has 3 aromatic rings. The standard InChI is InChI=1S/C25H20Cl2N2O/c26-20-10-5-11-21(27)23(20)24-18-9-4-8-17(18)19-14-16(12-13-22(19)29-24)28-25(30)15-6-2-1-3-7-15/h1-8,10-14,17-18,24,29H,9H2,(H,28,30). The van der Waals surface area contributed by atoms with Gasteiger partial charge in [-0.1, -0.05) is 59.6 Å². The molecule has 2 aliphatic rings. The summed E-state index contributed by atoms with van der Waals surface area (Å²) in [6.07, 6.45) is 5.42. The van der Waals surface area contributed by atoms with Gasteiger partial charge in [0.05, 0.1) is 6.04 Å². The Hall–Kier alpha value is -2.75. The number of carbonyl (C=O) groups excluding carboxylic acids is 1. The molecule has 0 saturated heterocycles. The zero-order valence-corrected chi connectivity index (χ0v) is 17.6. The van der Waals surface area contributed by atoms with Gasteiger partial charge in [-0.15, -0.1) is 0 Å². The highest BCUT2D eigenvalue weighted by Crippen LogP contribution is 2.52. The van der Waals surface area contributed by atoms with Gasteiger partial charge >= 0.3 is 0 Å². The first-order valence-electron chi connectivity index (χ1n) is 9.99. The van der Waals surface area contributed by atoms with Crippen LogP contribution in [0.5, 0.6) is 0 Å². The lowest BCUT2D eigenvalue weighted by Gasteiger charge is -2.38. The number of hydrogen-bond acceptors (Lipinski definition) is 2. The quantitative estimate of drug-likeness (QED) is 0.432. The largest absolute Gasteiger partial charge is 0.378 e. The zero-order valence-electron chi connectivity index (χ0n) is 16.1. The van der Waals surface area contributed by atoms with Crippen molar-refractivity contribution in [3.05, 3.63) is 106 Å². The molecule has 3 nitrogen and oxygen atoms in total. The molecule has 3 atom stereocenters. The molecule has 0 bridgehead atoms. The molecule has 5 heteroatoms. The lowest BCUT2D eigenvalue weighted by molar-refractivity contribution is 0.102. The van der Waals surface area contributed by atoms with Crippen LogP contribution in [0.4, 0.5) is 11.4 Å². The number of anilines is 2. The zero-order chi connectivity index (χ0) is 20.7. The Morgan fingerprint density at radius 3 is 2.50 bits per heavy atom. The molecular formula is C25H20Cl2N2O. The Labute approximate surface area is 185 Å². The van der Waals surface area contributed by atoms with Crippen molar-refractivity contribution in [1.29, 1.82) is 0 Å². The molecule has 150 valence electrons. The fourth-order valence-corrected chi connectivity index (χ4v) is 5.19. The van der Waals surface area contributed by atoms with Crippen LogP contribution >= 0.6 is 23.2 Å². The molecule has 0 aromatic heterocycles. The number of benzene rings is 3. The molecule has 0 radical (unpaired) electrons. The summed E-state index contributed by atoms with van der Waals surface area (Å²) in [6, 6.07) is 20.9. The van der Waals surface area contributed by atoms with Crippen molar-refractivity contribution in [1.82, 2.24) is 0 Å². The van der Waals surface area contributed by atoms with Gasteiger partial charge in [0.25, 0.3) is 5.91 Å². The third-order valence-electron chi connectivity index (χ3n) is 5.97. The first-order chi connectivity index (χ1) is 14.6. The van der Waals surface area contributed by atoms with Crippen molar-refractivity contribution in [2.24, 2.45) is 5.92 Å². The molecule has 0 spiro atoms. The second-order valence-electron chi connectivity index (χ2n) is 7.73. The van der Waals surface area contributed by atoms with E-state index in [4.69, 9.17) is 23.2 Å². The maximum absolute atomic E-state index is 12.6. The van der Waals surface area contributed by atoms with E-state index in [-0.39, 0.29) is 17.9 Å². The number of nitrogens with one attached hydrogen (secondary N) is 2. The Kier molecular flexibility index (Phi) is 5.01. The normalized spacial score (nSPS) is 21.5. The van der Waals surface area contributed by atoms with Gasteiger partial charge in [-0.05, 0) is 60.4 Å². The van der Waals surface area contributed by atoms with Crippen LogP contribution in [-0.2, 0) is 0 Å². The van der Waals surface area contributed by atoms with Gasteiger partial charge in [-0.2, -0.15) is 0 Å². The van der Waals surface area contributed by atoms with Crippen LogP contribution in [0.2, 0.25) is 10.0 Å². The predicted molar refractivity (Wildman–Crippen MR) is 124 cm³/mol. The summed E-state index contributed by atoms with van der Waals surface area (Å²) in [7, 11) is 0. The van der Waals surface area contributed by atoms with Crippen molar-refractivity contribution in [3.63, 3.8) is 0 Å². The minimum absolute atomic E-state index is 0.0310. The Bertz CT molecular complexity index is 1120. The van der Waals surface area contributed by atoms with Crippen molar-refractivity contribution < 1.29 is 4.79 Å². The van der Waals surface area contributed by atoms with Crippen LogP contribution < -0.4 is 10.6 Å². The fourth-order valence-electron chi connectivity index (χ4n) is 4.56. The fraction of sp³-hybridized carbons (Fsp3) is 0.160. The maximum atomic E-state index is 12.6. The predicted octanol–water partition coefficient (Wildman–Crippen LogP) is 7.07. The van der Waals surface area contributed by atoms with Crippen LogP contribution in [0.3, 0.4) is 0 Å². The monoisotopic (exact) mass is 434 g/mol. The molecular weight excluding hydrogens is 415 g/mol. The molecule has 1 heterocycles. The molecule has 3 unspecified atom stereocenters. The molecule has 0 saturated carbocycles. The molecule has 3 aromatic carbocycles. The highest BCUT2D eigenvalue weighted by atomic mass is 35.5.